The lowest BCUT2D eigenvalue weighted by Crippen LogP contribution is -2.49. The number of aromatic nitrogens is 2. The van der Waals surface area contributed by atoms with Gasteiger partial charge in [0.25, 0.3) is 0 Å². The average Bonchev–Trinajstić information content (AvgIpc) is 2.45. The number of ketones is 1. The maximum Gasteiger partial charge on any atom is 0.318 e. The number of imidazole rings is 1. The van der Waals surface area contributed by atoms with E-state index in [0.29, 0.717) is 5.82 Å². The molecule has 1 aromatic heterocycles. The molecule has 1 aliphatic carbocycles. The van der Waals surface area contributed by atoms with Crippen LogP contribution in [0.2, 0.25) is 0 Å². The number of aliphatic carboxylic acids is 1. The summed E-state index contributed by atoms with van der Waals surface area (Å²) in [6.07, 6.45) is 3.35. The third-order valence-electron chi connectivity index (χ3n) is 2.66. The first-order valence-corrected chi connectivity index (χ1v) is 4.29. The van der Waals surface area contributed by atoms with E-state index in [9.17, 15) is 9.59 Å². The molecule has 74 valence electrons. The fourth-order valence-electron chi connectivity index (χ4n) is 1.85. The maximum absolute atomic E-state index is 11.1. The summed E-state index contributed by atoms with van der Waals surface area (Å²) in [6, 6.07) is 0. The lowest BCUT2D eigenvalue weighted by atomic mass is 9.67. The number of carbonyl (C=O) groups excluding carboxylic acids is 1. The van der Waals surface area contributed by atoms with E-state index in [0.717, 1.165) is 0 Å². The van der Waals surface area contributed by atoms with Crippen molar-refractivity contribution in [3.05, 3.63) is 18.2 Å². The first-order chi connectivity index (χ1) is 6.56. The lowest BCUT2D eigenvalue weighted by molar-refractivity contribution is -0.153. The predicted octanol–water partition coefficient (Wildman–Crippen LogP) is 0.105. The molecule has 0 bridgehead atoms. The molecule has 1 heterocycles. The van der Waals surface area contributed by atoms with Gasteiger partial charge in [-0.25, -0.2) is 4.98 Å². The molecule has 1 saturated carbocycles. The van der Waals surface area contributed by atoms with Crippen molar-refractivity contribution < 1.29 is 14.7 Å². The maximum atomic E-state index is 11.1. The van der Waals surface area contributed by atoms with Crippen LogP contribution in [0.5, 0.6) is 0 Å². The van der Waals surface area contributed by atoms with Crippen LogP contribution in [0, 0.1) is 0 Å². The molecule has 2 rings (SSSR count). The van der Waals surface area contributed by atoms with Crippen molar-refractivity contribution in [3.8, 4) is 0 Å². The summed E-state index contributed by atoms with van der Waals surface area (Å²) in [6.45, 7) is 0. The van der Waals surface area contributed by atoms with Gasteiger partial charge in [0.05, 0.1) is 0 Å². The smallest absolute Gasteiger partial charge is 0.318 e. The van der Waals surface area contributed by atoms with Gasteiger partial charge in [-0.15, -0.1) is 0 Å². The molecule has 0 saturated heterocycles. The highest BCUT2D eigenvalue weighted by atomic mass is 16.4. The number of carbonyl (C=O) groups is 2. The molecule has 5 heteroatoms. The number of hydrogen-bond donors (Lipinski definition) is 1. The minimum atomic E-state index is -1.07. The zero-order valence-electron chi connectivity index (χ0n) is 7.73. The van der Waals surface area contributed by atoms with Gasteiger partial charge < -0.3 is 9.67 Å². The van der Waals surface area contributed by atoms with Crippen molar-refractivity contribution >= 4 is 11.8 Å². The van der Waals surface area contributed by atoms with Crippen molar-refractivity contribution in [1.29, 1.82) is 0 Å². The van der Waals surface area contributed by atoms with Gasteiger partial charge in [-0.3, -0.25) is 9.59 Å². The zero-order chi connectivity index (χ0) is 10.3. The zero-order valence-corrected chi connectivity index (χ0v) is 7.73. The standard InChI is InChI=1S/C9H10N2O3/c1-11-3-2-10-7(11)9(8(13)14)4-6(12)5-9/h2-3H,4-5H2,1H3,(H,13,14). The van der Waals surface area contributed by atoms with Crippen molar-refractivity contribution in [2.45, 2.75) is 18.3 Å². The van der Waals surface area contributed by atoms with Gasteiger partial charge >= 0.3 is 5.97 Å². The topological polar surface area (TPSA) is 72.2 Å². The first-order valence-electron chi connectivity index (χ1n) is 4.29. The molecular weight excluding hydrogens is 184 g/mol. The van der Waals surface area contributed by atoms with Crippen molar-refractivity contribution in [2.24, 2.45) is 7.05 Å². The molecule has 0 aliphatic heterocycles. The second-order valence-electron chi connectivity index (χ2n) is 3.64. The Morgan fingerprint density at radius 1 is 1.64 bits per heavy atom. The minimum absolute atomic E-state index is 0.0181. The Labute approximate surface area is 80.4 Å². The fraction of sp³-hybridized carbons (Fsp3) is 0.444. The number of carboxylic acid groups (broad SMARTS) is 1. The summed E-state index contributed by atoms with van der Waals surface area (Å²) >= 11 is 0. The second kappa shape index (κ2) is 2.67. The van der Waals surface area contributed by atoms with Gasteiger partial charge in [-0.05, 0) is 0 Å². The van der Waals surface area contributed by atoms with E-state index in [1.165, 1.54) is 0 Å². The Kier molecular flexibility index (Phi) is 1.70. The normalized spacial score (nSPS) is 19.1. The van der Waals surface area contributed by atoms with E-state index < -0.39 is 11.4 Å². The van der Waals surface area contributed by atoms with Crippen LogP contribution < -0.4 is 0 Å². The van der Waals surface area contributed by atoms with Crippen LogP contribution in [0.3, 0.4) is 0 Å². The minimum Gasteiger partial charge on any atom is -0.480 e. The summed E-state index contributed by atoms with van der Waals surface area (Å²) in [5.74, 6) is -0.522. The fourth-order valence-corrected chi connectivity index (χ4v) is 1.85. The van der Waals surface area contributed by atoms with Crippen LogP contribution in [0.25, 0.3) is 0 Å². The number of carboxylic acids is 1. The lowest BCUT2D eigenvalue weighted by Gasteiger charge is -2.35. The molecule has 0 unspecified atom stereocenters. The van der Waals surface area contributed by atoms with Crippen LogP contribution in [-0.4, -0.2) is 26.4 Å². The summed E-state index contributed by atoms with van der Waals surface area (Å²) in [5, 5.41) is 9.09. The second-order valence-corrected chi connectivity index (χ2v) is 3.64. The number of Topliss-reactive ketones (excluding diaryl/α,β-unsaturated/α-hetero) is 1. The van der Waals surface area contributed by atoms with E-state index in [2.05, 4.69) is 4.98 Å². The largest absolute Gasteiger partial charge is 0.480 e. The number of aryl methyl sites for hydroxylation is 1. The molecule has 0 spiro atoms. The molecule has 5 nitrogen and oxygen atoms in total. The highest BCUT2D eigenvalue weighted by molar-refractivity contribution is 6.00. The summed E-state index contributed by atoms with van der Waals surface area (Å²) in [5.41, 5.74) is -1.07. The molecule has 0 aromatic carbocycles. The van der Waals surface area contributed by atoms with Crippen LogP contribution in [-0.2, 0) is 22.1 Å². The third-order valence-corrected chi connectivity index (χ3v) is 2.66. The van der Waals surface area contributed by atoms with Gasteiger partial charge in [0.15, 0.2) is 0 Å². The van der Waals surface area contributed by atoms with Crippen molar-refractivity contribution in [2.75, 3.05) is 0 Å². The van der Waals surface area contributed by atoms with Crippen LogP contribution in [0.4, 0.5) is 0 Å². The predicted molar refractivity (Wildman–Crippen MR) is 46.8 cm³/mol. The van der Waals surface area contributed by atoms with E-state index in [-0.39, 0.29) is 18.6 Å². The van der Waals surface area contributed by atoms with Crippen LogP contribution >= 0.6 is 0 Å². The van der Waals surface area contributed by atoms with Gasteiger partial charge in [0.2, 0.25) is 0 Å². The average molecular weight is 194 g/mol. The molecule has 1 aromatic rings. The molecule has 1 fully saturated rings. The van der Waals surface area contributed by atoms with Gasteiger partial charge in [0, 0.05) is 32.3 Å². The Morgan fingerprint density at radius 3 is 2.64 bits per heavy atom. The summed E-state index contributed by atoms with van der Waals surface area (Å²) in [4.78, 5) is 26.0. The first kappa shape index (κ1) is 8.93. The highest BCUT2D eigenvalue weighted by Gasteiger charge is 2.54. The molecule has 0 radical (unpaired) electrons. The number of rotatable bonds is 2. The number of nitrogens with zero attached hydrogens (tertiary/aromatic N) is 2. The van der Waals surface area contributed by atoms with Crippen LogP contribution in [0.1, 0.15) is 18.7 Å². The highest BCUT2D eigenvalue weighted by Crippen LogP contribution is 2.40. The van der Waals surface area contributed by atoms with Gasteiger partial charge in [-0.1, -0.05) is 0 Å². The van der Waals surface area contributed by atoms with Crippen molar-refractivity contribution in [3.63, 3.8) is 0 Å². The van der Waals surface area contributed by atoms with Gasteiger partial charge in [0.1, 0.15) is 17.0 Å². The Balaban J connectivity index is 2.44. The molecule has 0 amide bonds. The van der Waals surface area contributed by atoms with E-state index >= 15 is 0 Å². The van der Waals surface area contributed by atoms with Crippen LogP contribution in [0.15, 0.2) is 12.4 Å². The number of hydrogen-bond acceptors (Lipinski definition) is 3. The van der Waals surface area contributed by atoms with E-state index in [1.54, 1.807) is 24.0 Å². The summed E-state index contributed by atoms with van der Waals surface area (Å²) < 4.78 is 1.65. The summed E-state index contributed by atoms with van der Waals surface area (Å²) in [7, 11) is 1.73. The van der Waals surface area contributed by atoms with Gasteiger partial charge in [-0.2, -0.15) is 0 Å². The Morgan fingerprint density at radius 2 is 2.29 bits per heavy atom. The molecular formula is C9H10N2O3. The van der Waals surface area contributed by atoms with E-state index in [4.69, 9.17) is 5.11 Å². The molecule has 1 N–H and O–H groups in total. The molecule has 0 atom stereocenters. The quantitative estimate of drug-likeness (QED) is 0.725. The molecule has 14 heavy (non-hydrogen) atoms. The van der Waals surface area contributed by atoms with E-state index in [1.807, 2.05) is 0 Å². The monoisotopic (exact) mass is 194 g/mol. The Hall–Kier alpha value is -1.65. The Bertz CT molecular complexity index is 400. The SMILES string of the molecule is Cn1ccnc1C1(C(=O)O)CC(=O)C1. The van der Waals surface area contributed by atoms with Crippen molar-refractivity contribution in [1.82, 2.24) is 9.55 Å². The third kappa shape index (κ3) is 0.982. The molecule has 1 aliphatic rings.